The predicted molar refractivity (Wildman–Crippen MR) is 96.5 cm³/mol. The van der Waals surface area contributed by atoms with Crippen LogP contribution >= 0.6 is 0 Å². The van der Waals surface area contributed by atoms with E-state index in [-0.39, 0.29) is 24.8 Å². The van der Waals surface area contributed by atoms with Gasteiger partial charge in [-0.05, 0) is 29.8 Å². The molecule has 6 nitrogen and oxygen atoms in total. The fourth-order valence-corrected chi connectivity index (χ4v) is 2.84. The number of nitriles is 1. The van der Waals surface area contributed by atoms with E-state index in [2.05, 4.69) is 6.07 Å². The molecule has 1 aliphatic rings. The Morgan fingerprint density at radius 1 is 1.23 bits per heavy atom. The number of carbonyl (C=O) groups excluding carboxylic acids is 2. The smallest absolute Gasteiger partial charge is 0.265 e. The van der Waals surface area contributed by atoms with Crippen LogP contribution in [-0.4, -0.2) is 36.9 Å². The fraction of sp³-hybridized carbons (Fsp3) is 0.250. The Morgan fingerprint density at radius 2 is 1.96 bits per heavy atom. The van der Waals surface area contributed by atoms with E-state index < -0.39 is 0 Å². The maximum absolute atomic E-state index is 12.4. The lowest BCUT2D eigenvalue weighted by molar-refractivity contribution is -0.130. The van der Waals surface area contributed by atoms with E-state index in [9.17, 15) is 9.59 Å². The highest BCUT2D eigenvalue weighted by Gasteiger charge is 2.25. The topological polar surface area (TPSA) is 73.6 Å². The summed E-state index contributed by atoms with van der Waals surface area (Å²) in [5, 5.41) is 8.83. The second-order valence-electron chi connectivity index (χ2n) is 6.11. The standard InChI is InChI=1S/C20H19N3O3/c1-22(13-16-8-6-15(12-21)7-9-16)19(24)10-11-23-17-4-2-3-5-18(17)26-14-20(23)25/h2-9H,10-11,13-14H2,1H3. The van der Waals surface area contributed by atoms with Crippen molar-refractivity contribution in [2.45, 2.75) is 13.0 Å². The van der Waals surface area contributed by atoms with E-state index in [1.54, 1.807) is 29.0 Å². The van der Waals surface area contributed by atoms with Crippen molar-refractivity contribution in [2.24, 2.45) is 0 Å². The minimum atomic E-state index is -0.147. The van der Waals surface area contributed by atoms with Gasteiger partial charge < -0.3 is 14.5 Å². The van der Waals surface area contributed by atoms with Crippen molar-refractivity contribution in [2.75, 3.05) is 25.1 Å². The van der Waals surface area contributed by atoms with Crippen LogP contribution in [0.4, 0.5) is 5.69 Å². The van der Waals surface area contributed by atoms with Gasteiger partial charge in [0.1, 0.15) is 5.75 Å². The molecule has 0 unspecified atom stereocenters. The summed E-state index contributed by atoms with van der Waals surface area (Å²) >= 11 is 0. The number of para-hydroxylation sites is 2. The van der Waals surface area contributed by atoms with Crippen molar-refractivity contribution in [1.29, 1.82) is 5.26 Å². The summed E-state index contributed by atoms with van der Waals surface area (Å²) in [6.45, 7) is 0.764. The molecule has 1 aliphatic heterocycles. The summed E-state index contributed by atoms with van der Waals surface area (Å²) in [5.41, 5.74) is 2.24. The first kappa shape index (κ1) is 17.5. The molecule has 3 rings (SSSR count). The summed E-state index contributed by atoms with van der Waals surface area (Å²) in [6, 6.07) is 16.5. The van der Waals surface area contributed by atoms with Crippen molar-refractivity contribution < 1.29 is 14.3 Å². The second-order valence-corrected chi connectivity index (χ2v) is 6.11. The normalized spacial score (nSPS) is 12.8. The number of rotatable bonds is 5. The molecule has 0 radical (unpaired) electrons. The van der Waals surface area contributed by atoms with Crippen LogP contribution in [0.15, 0.2) is 48.5 Å². The highest BCUT2D eigenvalue weighted by atomic mass is 16.5. The Bertz CT molecular complexity index is 855. The van der Waals surface area contributed by atoms with Gasteiger partial charge in [-0.2, -0.15) is 5.26 Å². The molecule has 0 fully saturated rings. The van der Waals surface area contributed by atoms with Gasteiger partial charge in [0.05, 0.1) is 17.3 Å². The third-order valence-corrected chi connectivity index (χ3v) is 4.29. The highest BCUT2D eigenvalue weighted by Crippen LogP contribution is 2.31. The van der Waals surface area contributed by atoms with Crippen LogP contribution in [-0.2, 0) is 16.1 Å². The number of anilines is 1. The average molecular weight is 349 g/mol. The van der Waals surface area contributed by atoms with Crippen LogP contribution < -0.4 is 9.64 Å². The molecule has 2 amide bonds. The molecule has 0 N–H and O–H groups in total. The van der Waals surface area contributed by atoms with Crippen molar-refractivity contribution in [3.05, 3.63) is 59.7 Å². The number of hydrogen-bond donors (Lipinski definition) is 0. The number of hydrogen-bond acceptors (Lipinski definition) is 4. The third-order valence-electron chi connectivity index (χ3n) is 4.29. The molecule has 0 atom stereocenters. The molecule has 0 bridgehead atoms. The summed E-state index contributed by atoms with van der Waals surface area (Å²) in [5.74, 6) is 0.461. The second kappa shape index (κ2) is 7.70. The monoisotopic (exact) mass is 349 g/mol. The minimum Gasteiger partial charge on any atom is -0.482 e. The fourth-order valence-electron chi connectivity index (χ4n) is 2.84. The Kier molecular flexibility index (Phi) is 5.18. The lowest BCUT2D eigenvalue weighted by Gasteiger charge is -2.29. The summed E-state index contributed by atoms with van der Waals surface area (Å²) in [6.07, 6.45) is 0.229. The lowest BCUT2D eigenvalue weighted by Crippen LogP contribution is -2.41. The Hall–Kier alpha value is -3.33. The zero-order valence-corrected chi connectivity index (χ0v) is 14.5. The predicted octanol–water partition coefficient (Wildman–Crippen LogP) is 2.33. The third kappa shape index (κ3) is 3.83. The molecule has 0 saturated carbocycles. The van der Waals surface area contributed by atoms with Gasteiger partial charge in [-0.3, -0.25) is 9.59 Å². The summed E-state index contributed by atoms with van der Waals surface area (Å²) in [7, 11) is 1.73. The maximum Gasteiger partial charge on any atom is 0.265 e. The van der Waals surface area contributed by atoms with Crippen molar-refractivity contribution >= 4 is 17.5 Å². The molecular weight excluding hydrogens is 330 g/mol. The molecule has 2 aromatic rings. The minimum absolute atomic E-state index is 0.00765. The number of fused-ring (bicyclic) bond motifs is 1. The number of carbonyl (C=O) groups is 2. The molecule has 0 aliphatic carbocycles. The van der Waals surface area contributed by atoms with Crippen LogP contribution in [0.3, 0.4) is 0 Å². The Morgan fingerprint density at radius 3 is 2.69 bits per heavy atom. The maximum atomic E-state index is 12.4. The highest BCUT2D eigenvalue weighted by molar-refractivity contribution is 5.98. The molecule has 0 saturated heterocycles. The number of nitrogens with zero attached hydrogens (tertiary/aromatic N) is 3. The van der Waals surface area contributed by atoms with E-state index in [1.165, 1.54) is 0 Å². The zero-order chi connectivity index (χ0) is 18.5. The zero-order valence-electron chi connectivity index (χ0n) is 14.5. The van der Waals surface area contributed by atoms with Gasteiger partial charge in [-0.1, -0.05) is 24.3 Å². The van der Waals surface area contributed by atoms with Crippen LogP contribution in [0.5, 0.6) is 5.75 Å². The van der Waals surface area contributed by atoms with Gasteiger partial charge >= 0.3 is 0 Å². The molecule has 1 heterocycles. The van der Waals surface area contributed by atoms with Gasteiger partial charge in [-0.25, -0.2) is 0 Å². The van der Waals surface area contributed by atoms with Gasteiger partial charge in [0, 0.05) is 26.6 Å². The Labute approximate surface area is 152 Å². The lowest BCUT2D eigenvalue weighted by atomic mass is 10.1. The van der Waals surface area contributed by atoms with E-state index in [0.29, 0.717) is 30.1 Å². The van der Waals surface area contributed by atoms with Gasteiger partial charge in [0.2, 0.25) is 5.91 Å². The molecule has 0 spiro atoms. The Balaban J connectivity index is 1.59. The number of ether oxygens (including phenoxy) is 1. The molecule has 26 heavy (non-hydrogen) atoms. The average Bonchev–Trinajstić information content (AvgIpc) is 2.67. The number of benzene rings is 2. The van der Waals surface area contributed by atoms with Crippen molar-refractivity contribution in [3.63, 3.8) is 0 Å². The molecule has 2 aromatic carbocycles. The van der Waals surface area contributed by atoms with Crippen LogP contribution in [0.2, 0.25) is 0 Å². The first-order chi connectivity index (χ1) is 12.6. The number of amides is 2. The summed E-state index contributed by atoms with van der Waals surface area (Å²) < 4.78 is 5.41. The van der Waals surface area contributed by atoms with Crippen LogP contribution in [0, 0.1) is 11.3 Å². The van der Waals surface area contributed by atoms with E-state index >= 15 is 0 Å². The quantitative estimate of drug-likeness (QED) is 0.830. The molecule has 132 valence electrons. The molecular formula is C20H19N3O3. The first-order valence-electron chi connectivity index (χ1n) is 8.33. The van der Waals surface area contributed by atoms with E-state index in [1.807, 2.05) is 36.4 Å². The largest absolute Gasteiger partial charge is 0.482 e. The van der Waals surface area contributed by atoms with Crippen LogP contribution in [0.1, 0.15) is 17.5 Å². The first-order valence-corrected chi connectivity index (χ1v) is 8.33. The van der Waals surface area contributed by atoms with Gasteiger partial charge in [0.15, 0.2) is 6.61 Å². The summed E-state index contributed by atoms with van der Waals surface area (Å²) in [4.78, 5) is 27.8. The molecule has 0 aromatic heterocycles. The van der Waals surface area contributed by atoms with Crippen molar-refractivity contribution in [3.8, 4) is 11.8 Å². The van der Waals surface area contributed by atoms with E-state index in [0.717, 1.165) is 5.56 Å². The van der Waals surface area contributed by atoms with Gasteiger partial charge in [-0.15, -0.1) is 0 Å². The van der Waals surface area contributed by atoms with Crippen molar-refractivity contribution in [1.82, 2.24) is 4.90 Å². The molecule has 6 heteroatoms. The van der Waals surface area contributed by atoms with E-state index in [4.69, 9.17) is 10.00 Å². The SMILES string of the molecule is CN(Cc1ccc(C#N)cc1)C(=O)CCN1C(=O)COc2ccccc21. The van der Waals surface area contributed by atoms with Crippen LogP contribution in [0.25, 0.3) is 0 Å². The van der Waals surface area contributed by atoms with Gasteiger partial charge in [0.25, 0.3) is 5.91 Å².